The fourth-order valence-electron chi connectivity index (χ4n) is 2.60. The zero-order chi connectivity index (χ0) is 13.5. The summed E-state index contributed by atoms with van der Waals surface area (Å²) in [5.41, 5.74) is 1.33. The molecule has 0 aliphatic carbocycles. The molecule has 1 heterocycles. The number of piperidine rings is 1. The van der Waals surface area contributed by atoms with E-state index in [1.54, 1.807) is 0 Å². The number of amides is 1. The Bertz CT molecular complexity index is 396. The molecule has 1 saturated heterocycles. The number of carbonyl (C=O) groups excluding carboxylic acids is 1. The topological polar surface area (TPSA) is 32.3 Å². The van der Waals surface area contributed by atoms with Gasteiger partial charge in [-0.1, -0.05) is 36.8 Å². The van der Waals surface area contributed by atoms with Crippen molar-refractivity contribution in [1.29, 1.82) is 0 Å². The number of rotatable bonds is 5. The van der Waals surface area contributed by atoms with Crippen LogP contribution in [0.15, 0.2) is 30.3 Å². The standard InChI is InChI=1S/C15H21ClN2O/c16-10-15(19)17-11-14-8-4-5-9-18(14)12-13-6-2-1-3-7-13/h1-3,6-7,14H,4-5,8-12H2,(H,17,19)/t14-/m0/s1. The van der Waals surface area contributed by atoms with Gasteiger partial charge in [-0.3, -0.25) is 9.69 Å². The minimum Gasteiger partial charge on any atom is -0.353 e. The zero-order valence-electron chi connectivity index (χ0n) is 11.1. The summed E-state index contributed by atoms with van der Waals surface area (Å²) in [7, 11) is 0. The number of likely N-dealkylation sites (tertiary alicyclic amines) is 1. The molecule has 0 saturated carbocycles. The van der Waals surface area contributed by atoms with Gasteiger partial charge in [-0.05, 0) is 24.9 Å². The first kappa shape index (κ1) is 14.4. The zero-order valence-corrected chi connectivity index (χ0v) is 11.9. The van der Waals surface area contributed by atoms with E-state index in [4.69, 9.17) is 11.6 Å². The molecule has 3 nitrogen and oxygen atoms in total. The lowest BCUT2D eigenvalue weighted by atomic mass is 10.0. The molecule has 0 bridgehead atoms. The highest BCUT2D eigenvalue weighted by Gasteiger charge is 2.22. The molecular formula is C15H21ClN2O. The quantitative estimate of drug-likeness (QED) is 0.840. The molecule has 1 amide bonds. The Hall–Kier alpha value is -1.06. The van der Waals surface area contributed by atoms with Crippen molar-refractivity contribution in [3.63, 3.8) is 0 Å². The summed E-state index contributed by atoms with van der Waals surface area (Å²) in [4.78, 5) is 13.7. The summed E-state index contributed by atoms with van der Waals surface area (Å²) < 4.78 is 0. The second kappa shape index (κ2) is 7.51. The maximum atomic E-state index is 11.3. The number of halogens is 1. The first-order valence-corrected chi connectivity index (χ1v) is 7.43. The Labute approximate surface area is 119 Å². The van der Waals surface area contributed by atoms with E-state index in [0.29, 0.717) is 12.6 Å². The molecule has 1 N–H and O–H groups in total. The van der Waals surface area contributed by atoms with E-state index >= 15 is 0 Å². The lowest BCUT2D eigenvalue weighted by molar-refractivity contribution is -0.119. The van der Waals surface area contributed by atoms with E-state index in [-0.39, 0.29) is 11.8 Å². The van der Waals surface area contributed by atoms with E-state index in [1.807, 2.05) is 6.07 Å². The Morgan fingerprint density at radius 2 is 2.11 bits per heavy atom. The fraction of sp³-hybridized carbons (Fsp3) is 0.533. The van der Waals surface area contributed by atoms with E-state index in [1.165, 1.54) is 18.4 Å². The van der Waals surface area contributed by atoms with E-state index < -0.39 is 0 Å². The van der Waals surface area contributed by atoms with Crippen molar-refractivity contribution in [3.05, 3.63) is 35.9 Å². The molecule has 1 fully saturated rings. The van der Waals surface area contributed by atoms with Gasteiger partial charge in [-0.2, -0.15) is 0 Å². The fourth-order valence-corrected chi connectivity index (χ4v) is 2.69. The third-order valence-electron chi connectivity index (χ3n) is 3.63. The summed E-state index contributed by atoms with van der Waals surface area (Å²) in [6.45, 7) is 2.77. The van der Waals surface area contributed by atoms with Gasteiger partial charge in [0.05, 0.1) is 0 Å². The lowest BCUT2D eigenvalue weighted by Crippen LogP contribution is -2.46. The normalized spacial score (nSPS) is 20.2. The van der Waals surface area contributed by atoms with Crippen LogP contribution in [-0.2, 0) is 11.3 Å². The molecule has 1 aromatic rings. The molecular weight excluding hydrogens is 260 g/mol. The number of carbonyl (C=O) groups is 1. The van der Waals surface area contributed by atoms with Crippen molar-refractivity contribution in [2.75, 3.05) is 19.0 Å². The molecule has 0 aromatic heterocycles. The van der Waals surface area contributed by atoms with Crippen LogP contribution in [0.25, 0.3) is 0 Å². The van der Waals surface area contributed by atoms with Gasteiger partial charge in [0.2, 0.25) is 5.91 Å². The van der Waals surface area contributed by atoms with Crippen LogP contribution in [0.2, 0.25) is 0 Å². The predicted molar refractivity (Wildman–Crippen MR) is 78.2 cm³/mol. The van der Waals surface area contributed by atoms with Crippen molar-refractivity contribution in [2.45, 2.75) is 31.8 Å². The van der Waals surface area contributed by atoms with Crippen molar-refractivity contribution >= 4 is 17.5 Å². The average Bonchev–Trinajstić information content (AvgIpc) is 2.47. The van der Waals surface area contributed by atoms with Gasteiger partial charge in [0.15, 0.2) is 0 Å². The summed E-state index contributed by atoms with van der Waals surface area (Å²) in [6, 6.07) is 10.9. The summed E-state index contributed by atoms with van der Waals surface area (Å²) in [5.74, 6) is -0.0299. The second-order valence-corrected chi connectivity index (χ2v) is 5.31. The van der Waals surface area contributed by atoms with Crippen LogP contribution in [0.3, 0.4) is 0 Å². The van der Waals surface area contributed by atoms with Gasteiger partial charge in [0.1, 0.15) is 5.88 Å². The summed E-state index contributed by atoms with van der Waals surface area (Å²) in [5, 5.41) is 2.91. The van der Waals surface area contributed by atoms with Crippen molar-refractivity contribution in [1.82, 2.24) is 10.2 Å². The highest BCUT2D eigenvalue weighted by molar-refractivity contribution is 6.27. The van der Waals surface area contributed by atoms with Gasteiger partial charge in [0.25, 0.3) is 0 Å². The molecule has 104 valence electrons. The van der Waals surface area contributed by atoms with Crippen LogP contribution in [0.1, 0.15) is 24.8 Å². The number of nitrogens with zero attached hydrogens (tertiary/aromatic N) is 1. The molecule has 1 atom stereocenters. The van der Waals surface area contributed by atoms with Gasteiger partial charge in [-0.15, -0.1) is 11.6 Å². The largest absolute Gasteiger partial charge is 0.353 e. The Kier molecular flexibility index (Phi) is 5.67. The Balaban J connectivity index is 1.90. The van der Waals surface area contributed by atoms with Crippen LogP contribution >= 0.6 is 11.6 Å². The van der Waals surface area contributed by atoms with Crippen molar-refractivity contribution < 1.29 is 4.79 Å². The summed E-state index contributed by atoms with van der Waals surface area (Å²) >= 11 is 5.51. The van der Waals surface area contributed by atoms with E-state index in [2.05, 4.69) is 34.5 Å². The smallest absolute Gasteiger partial charge is 0.234 e. The number of benzene rings is 1. The van der Waals surface area contributed by atoms with Crippen molar-refractivity contribution in [2.24, 2.45) is 0 Å². The van der Waals surface area contributed by atoms with Gasteiger partial charge in [0, 0.05) is 19.1 Å². The Morgan fingerprint density at radius 1 is 1.32 bits per heavy atom. The first-order chi connectivity index (χ1) is 9.29. The molecule has 1 aromatic carbocycles. The lowest BCUT2D eigenvalue weighted by Gasteiger charge is -2.35. The van der Waals surface area contributed by atoms with Crippen molar-refractivity contribution in [3.8, 4) is 0 Å². The third kappa shape index (κ3) is 4.51. The van der Waals surface area contributed by atoms with Gasteiger partial charge >= 0.3 is 0 Å². The number of hydrogen-bond acceptors (Lipinski definition) is 2. The monoisotopic (exact) mass is 280 g/mol. The number of nitrogens with one attached hydrogen (secondary N) is 1. The SMILES string of the molecule is O=C(CCl)NC[C@@H]1CCCCN1Cc1ccccc1. The number of hydrogen-bond donors (Lipinski definition) is 1. The predicted octanol–water partition coefficient (Wildman–Crippen LogP) is 2.40. The number of alkyl halides is 1. The first-order valence-electron chi connectivity index (χ1n) is 6.90. The maximum Gasteiger partial charge on any atom is 0.234 e. The van der Waals surface area contributed by atoms with Crippen LogP contribution in [0.5, 0.6) is 0 Å². The average molecular weight is 281 g/mol. The van der Waals surface area contributed by atoms with Gasteiger partial charge < -0.3 is 5.32 Å². The molecule has 19 heavy (non-hydrogen) atoms. The van der Waals surface area contributed by atoms with Gasteiger partial charge in [-0.25, -0.2) is 0 Å². The minimum absolute atomic E-state index is 0.0470. The molecule has 0 radical (unpaired) electrons. The molecule has 1 aliphatic rings. The molecule has 2 rings (SSSR count). The summed E-state index contributed by atoms with van der Waals surface area (Å²) in [6.07, 6.45) is 3.63. The van der Waals surface area contributed by atoms with Crippen LogP contribution in [0, 0.1) is 0 Å². The highest BCUT2D eigenvalue weighted by Crippen LogP contribution is 2.19. The van der Waals surface area contributed by atoms with Crippen LogP contribution in [0.4, 0.5) is 0 Å². The molecule has 0 unspecified atom stereocenters. The minimum atomic E-state index is -0.0769. The Morgan fingerprint density at radius 3 is 2.84 bits per heavy atom. The molecule has 1 aliphatic heterocycles. The molecule has 0 spiro atoms. The highest BCUT2D eigenvalue weighted by atomic mass is 35.5. The second-order valence-electron chi connectivity index (χ2n) is 5.04. The van der Waals surface area contributed by atoms with Crippen LogP contribution in [-0.4, -0.2) is 35.8 Å². The molecule has 4 heteroatoms. The van der Waals surface area contributed by atoms with E-state index in [9.17, 15) is 4.79 Å². The van der Waals surface area contributed by atoms with E-state index in [0.717, 1.165) is 19.5 Å². The maximum absolute atomic E-state index is 11.3. The third-order valence-corrected chi connectivity index (χ3v) is 3.88. The van der Waals surface area contributed by atoms with Crippen LogP contribution < -0.4 is 5.32 Å².